The van der Waals surface area contributed by atoms with Crippen molar-refractivity contribution < 1.29 is 19.1 Å². The Morgan fingerprint density at radius 3 is 2.52 bits per heavy atom. The first-order valence-electron chi connectivity index (χ1n) is 9.63. The summed E-state index contributed by atoms with van der Waals surface area (Å²) in [5.41, 5.74) is 1.85. The predicted molar refractivity (Wildman–Crippen MR) is 119 cm³/mol. The molecule has 0 atom stereocenters. The van der Waals surface area contributed by atoms with Crippen LogP contribution in [0.5, 0.6) is 5.75 Å². The average Bonchev–Trinajstić information content (AvgIpc) is 2.72. The molecule has 0 saturated heterocycles. The molecule has 2 aromatic carbocycles. The van der Waals surface area contributed by atoms with Crippen LogP contribution >= 0.6 is 15.9 Å². The minimum Gasteiger partial charge on any atom is -0.496 e. The first-order chi connectivity index (χ1) is 14.0. The topological polar surface area (TPSA) is 64.6 Å². The van der Waals surface area contributed by atoms with Crippen LogP contribution < -0.4 is 10.1 Å². The van der Waals surface area contributed by atoms with Crippen molar-refractivity contribution >= 4 is 39.6 Å². The van der Waals surface area contributed by atoms with Crippen molar-refractivity contribution in [3.63, 3.8) is 0 Å². The zero-order valence-corrected chi connectivity index (χ0v) is 18.3. The Bertz CT molecular complexity index is 846. The van der Waals surface area contributed by atoms with Crippen LogP contribution in [0.15, 0.2) is 53.0 Å². The lowest BCUT2D eigenvalue weighted by molar-refractivity contribution is -0.111. The van der Waals surface area contributed by atoms with Gasteiger partial charge in [0.1, 0.15) is 5.75 Å². The Balaban J connectivity index is 1.88. The van der Waals surface area contributed by atoms with Gasteiger partial charge in [-0.2, -0.15) is 0 Å². The van der Waals surface area contributed by atoms with E-state index in [2.05, 4.69) is 28.2 Å². The minimum absolute atomic E-state index is 0.279. The van der Waals surface area contributed by atoms with Crippen molar-refractivity contribution in [1.29, 1.82) is 0 Å². The molecule has 0 fully saturated rings. The SMILES string of the molecule is CCCCCCOC(=O)c1ccc(NC(=O)/C=C/c2cc(Br)ccc2OC)cc1. The Morgan fingerprint density at radius 2 is 1.83 bits per heavy atom. The summed E-state index contributed by atoms with van der Waals surface area (Å²) >= 11 is 3.40. The van der Waals surface area contributed by atoms with E-state index in [0.717, 1.165) is 35.7 Å². The monoisotopic (exact) mass is 459 g/mol. The third-order valence-electron chi connectivity index (χ3n) is 4.23. The zero-order valence-electron chi connectivity index (χ0n) is 16.7. The molecule has 1 N–H and O–H groups in total. The maximum atomic E-state index is 12.2. The van der Waals surface area contributed by atoms with E-state index in [1.807, 2.05) is 18.2 Å². The number of hydrogen-bond donors (Lipinski definition) is 1. The molecule has 154 valence electrons. The van der Waals surface area contributed by atoms with Gasteiger partial charge in [0.2, 0.25) is 5.91 Å². The minimum atomic E-state index is -0.346. The molecule has 0 aliphatic carbocycles. The van der Waals surface area contributed by atoms with Gasteiger partial charge in [-0.15, -0.1) is 0 Å². The molecule has 0 spiro atoms. The molecule has 0 unspecified atom stereocenters. The summed E-state index contributed by atoms with van der Waals surface area (Å²) in [5, 5.41) is 2.77. The fourth-order valence-corrected chi connectivity index (χ4v) is 3.03. The summed E-state index contributed by atoms with van der Waals surface area (Å²) in [6.07, 6.45) is 7.35. The number of amides is 1. The van der Waals surface area contributed by atoms with E-state index < -0.39 is 0 Å². The van der Waals surface area contributed by atoms with Crippen LogP contribution in [0.4, 0.5) is 5.69 Å². The highest BCUT2D eigenvalue weighted by Gasteiger charge is 2.07. The van der Waals surface area contributed by atoms with E-state index >= 15 is 0 Å². The molecular formula is C23H26BrNO4. The number of halogens is 1. The summed E-state index contributed by atoms with van der Waals surface area (Å²) in [6.45, 7) is 2.57. The zero-order chi connectivity index (χ0) is 21.1. The fourth-order valence-electron chi connectivity index (χ4n) is 2.65. The molecule has 0 saturated carbocycles. The van der Waals surface area contributed by atoms with E-state index in [9.17, 15) is 9.59 Å². The van der Waals surface area contributed by atoms with Crippen LogP contribution in [0.25, 0.3) is 6.08 Å². The first-order valence-corrected chi connectivity index (χ1v) is 10.4. The van der Waals surface area contributed by atoms with E-state index in [1.54, 1.807) is 37.5 Å². The molecule has 0 bridgehead atoms. The van der Waals surface area contributed by atoms with Gasteiger partial charge in [-0.05, 0) is 55.0 Å². The third kappa shape index (κ3) is 7.74. The largest absolute Gasteiger partial charge is 0.496 e. The smallest absolute Gasteiger partial charge is 0.338 e. The number of ether oxygens (including phenoxy) is 2. The quantitative estimate of drug-likeness (QED) is 0.275. The number of methoxy groups -OCH3 is 1. The Labute approximate surface area is 180 Å². The average molecular weight is 460 g/mol. The number of carbonyl (C=O) groups is 2. The number of benzene rings is 2. The highest BCUT2D eigenvalue weighted by Crippen LogP contribution is 2.24. The lowest BCUT2D eigenvalue weighted by atomic mass is 10.2. The highest BCUT2D eigenvalue weighted by atomic mass is 79.9. The number of hydrogen-bond acceptors (Lipinski definition) is 4. The van der Waals surface area contributed by atoms with Gasteiger partial charge in [0.15, 0.2) is 0 Å². The van der Waals surface area contributed by atoms with Crippen molar-refractivity contribution in [2.45, 2.75) is 32.6 Å². The van der Waals surface area contributed by atoms with Crippen LogP contribution in [0.1, 0.15) is 48.5 Å². The van der Waals surface area contributed by atoms with E-state index in [4.69, 9.17) is 9.47 Å². The second-order valence-corrected chi connectivity index (χ2v) is 7.40. The molecule has 0 aromatic heterocycles. The van der Waals surface area contributed by atoms with Gasteiger partial charge in [0, 0.05) is 21.8 Å². The van der Waals surface area contributed by atoms with E-state index in [1.165, 1.54) is 6.08 Å². The van der Waals surface area contributed by atoms with Gasteiger partial charge in [-0.25, -0.2) is 4.79 Å². The Kier molecular flexibility index (Phi) is 9.44. The molecule has 0 aliphatic heterocycles. The standard InChI is InChI=1S/C23H26BrNO4/c1-3-4-5-6-15-29-23(27)17-7-11-20(12-8-17)25-22(26)14-9-18-16-19(24)10-13-21(18)28-2/h7-14,16H,3-6,15H2,1-2H3,(H,25,26)/b14-9+. The van der Waals surface area contributed by atoms with Crippen molar-refractivity contribution in [2.75, 3.05) is 19.0 Å². The summed E-state index contributed by atoms with van der Waals surface area (Å²) < 4.78 is 11.4. The van der Waals surface area contributed by atoms with Crippen molar-refractivity contribution in [3.05, 3.63) is 64.1 Å². The van der Waals surface area contributed by atoms with Gasteiger partial charge in [0.25, 0.3) is 0 Å². The van der Waals surface area contributed by atoms with Gasteiger partial charge in [-0.3, -0.25) is 4.79 Å². The van der Waals surface area contributed by atoms with Crippen LogP contribution in [-0.2, 0) is 9.53 Å². The summed E-state index contributed by atoms with van der Waals surface area (Å²) in [7, 11) is 1.58. The molecule has 29 heavy (non-hydrogen) atoms. The number of carbonyl (C=O) groups excluding carboxylic acids is 2. The van der Waals surface area contributed by atoms with E-state index in [0.29, 0.717) is 23.6 Å². The second-order valence-electron chi connectivity index (χ2n) is 6.48. The molecule has 5 nitrogen and oxygen atoms in total. The van der Waals surface area contributed by atoms with Gasteiger partial charge < -0.3 is 14.8 Å². The lowest BCUT2D eigenvalue weighted by Crippen LogP contribution is -2.09. The lowest BCUT2D eigenvalue weighted by Gasteiger charge is -2.07. The predicted octanol–water partition coefficient (Wildman–Crippen LogP) is 5.85. The van der Waals surface area contributed by atoms with Crippen molar-refractivity contribution in [1.82, 2.24) is 0 Å². The maximum absolute atomic E-state index is 12.2. The van der Waals surface area contributed by atoms with Crippen LogP contribution in [0.3, 0.4) is 0 Å². The van der Waals surface area contributed by atoms with Crippen LogP contribution in [-0.4, -0.2) is 25.6 Å². The number of unbranched alkanes of at least 4 members (excludes halogenated alkanes) is 3. The Morgan fingerprint density at radius 1 is 1.07 bits per heavy atom. The molecule has 0 heterocycles. The van der Waals surface area contributed by atoms with Crippen LogP contribution in [0, 0.1) is 0 Å². The first kappa shape index (κ1) is 22.7. The second kappa shape index (κ2) is 12.1. The molecular weight excluding hydrogens is 434 g/mol. The highest BCUT2D eigenvalue weighted by molar-refractivity contribution is 9.10. The van der Waals surface area contributed by atoms with Gasteiger partial charge in [0.05, 0.1) is 19.3 Å². The molecule has 0 aliphatic rings. The number of rotatable bonds is 10. The van der Waals surface area contributed by atoms with Gasteiger partial charge >= 0.3 is 5.97 Å². The number of nitrogens with one attached hydrogen (secondary N) is 1. The molecule has 2 aromatic rings. The molecule has 1 amide bonds. The fraction of sp³-hybridized carbons (Fsp3) is 0.304. The molecule has 6 heteroatoms. The maximum Gasteiger partial charge on any atom is 0.338 e. The van der Waals surface area contributed by atoms with Crippen molar-refractivity contribution in [3.8, 4) is 5.75 Å². The summed E-state index contributed by atoms with van der Waals surface area (Å²) in [6, 6.07) is 12.2. The number of anilines is 1. The Hall–Kier alpha value is -2.60. The van der Waals surface area contributed by atoms with Crippen molar-refractivity contribution in [2.24, 2.45) is 0 Å². The van der Waals surface area contributed by atoms with Gasteiger partial charge in [-0.1, -0.05) is 42.1 Å². The molecule has 0 radical (unpaired) electrons. The van der Waals surface area contributed by atoms with E-state index in [-0.39, 0.29) is 11.9 Å². The summed E-state index contributed by atoms with van der Waals surface area (Å²) in [5.74, 6) is 0.0501. The third-order valence-corrected chi connectivity index (χ3v) is 4.72. The normalized spacial score (nSPS) is 10.7. The van der Waals surface area contributed by atoms with Crippen LogP contribution in [0.2, 0.25) is 0 Å². The number of esters is 1. The summed E-state index contributed by atoms with van der Waals surface area (Å²) in [4.78, 5) is 24.2. The molecule has 2 rings (SSSR count).